The van der Waals surface area contributed by atoms with E-state index in [9.17, 15) is 9.59 Å². The number of benzene rings is 1. The van der Waals surface area contributed by atoms with Gasteiger partial charge in [0.1, 0.15) is 12.3 Å². The zero-order valence-electron chi connectivity index (χ0n) is 13.1. The Balaban J connectivity index is 1.87. The Morgan fingerprint density at radius 2 is 2.17 bits per heavy atom. The third kappa shape index (κ3) is 5.36. The third-order valence-electron chi connectivity index (χ3n) is 2.94. The molecule has 0 unspecified atom stereocenters. The minimum absolute atomic E-state index is 0.140. The van der Waals surface area contributed by atoms with Crippen LogP contribution >= 0.6 is 0 Å². The van der Waals surface area contributed by atoms with Crippen molar-refractivity contribution in [2.24, 2.45) is 0 Å². The van der Waals surface area contributed by atoms with Crippen molar-refractivity contribution in [3.05, 3.63) is 36.2 Å². The van der Waals surface area contributed by atoms with Crippen LogP contribution in [0.3, 0.4) is 0 Å². The average Bonchev–Trinajstić information content (AvgIpc) is 3.00. The predicted octanol–water partition coefficient (Wildman–Crippen LogP) is 1.03. The molecule has 2 rings (SSSR count). The van der Waals surface area contributed by atoms with Gasteiger partial charge in [-0.05, 0) is 12.1 Å². The molecule has 0 aliphatic carbocycles. The van der Waals surface area contributed by atoms with Gasteiger partial charge in [-0.15, -0.1) is 5.10 Å². The number of anilines is 1. The molecular formula is C15H18N4O5. The highest BCUT2D eigenvalue weighted by Crippen LogP contribution is 2.17. The summed E-state index contributed by atoms with van der Waals surface area (Å²) in [5.41, 5.74) is 0.358. The van der Waals surface area contributed by atoms with Crippen molar-refractivity contribution in [2.75, 3.05) is 25.6 Å². The number of carbonyl (C=O) groups is 2. The quantitative estimate of drug-likeness (QED) is 0.658. The van der Waals surface area contributed by atoms with Gasteiger partial charge in [0.25, 0.3) is 0 Å². The molecule has 2 aromatic rings. The summed E-state index contributed by atoms with van der Waals surface area (Å²) in [5.74, 6) is -0.911. The lowest BCUT2D eigenvalue weighted by molar-refractivity contribution is -0.116. The summed E-state index contributed by atoms with van der Waals surface area (Å²) >= 11 is 0. The summed E-state index contributed by atoms with van der Waals surface area (Å²) in [4.78, 5) is 22.7. The van der Waals surface area contributed by atoms with Crippen LogP contribution in [0, 0.1) is 0 Å². The molecule has 1 aromatic carbocycles. The van der Waals surface area contributed by atoms with Crippen molar-refractivity contribution in [1.29, 1.82) is 0 Å². The number of carboxylic acids is 1. The first-order valence-corrected chi connectivity index (χ1v) is 7.23. The van der Waals surface area contributed by atoms with E-state index in [-0.39, 0.29) is 18.1 Å². The molecule has 0 spiro atoms. The fourth-order valence-electron chi connectivity index (χ4n) is 1.88. The van der Waals surface area contributed by atoms with Gasteiger partial charge in [-0.2, -0.15) is 0 Å². The zero-order chi connectivity index (χ0) is 17.4. The van der Waals surface area contributed by atoms with Crippen LogP contribution in [0.15, 0.2) is 30.5 Å². The van der Waals surface area contributed by atoms with Crippen molar-refractivity contribution in [2.45, 2.75) is 13.0 Å². The van der Waals surface area contributed by atoms with Crippen LogP contribution in [0.25, 0.3) is 0 Å². The molecule has 1 amide bonds. The fourth-order valence-corrected chi connectivity index (χ4v) is 1.88. The van der Waals surface area contributed by atoms with Gasteiger partial charge in [0.2, 0.25) is 5.91 Å². The number of hydrogen-bond donors (Lipinski definition) is 2. The first-order chi connectivity index (χ1) is 11.6. The number of rotatable bonds is 9. The predicted molar refractivity (Wildman–Crippen MR) is 84.0 cm³/mol. The summed E-state index contributed by atoms with van der Waals surface area (Å²) in [6.45, 7) is 0.994. The Bertz CT molecular complexity index is 701. The number of amides is 1. The Morgan fingerprint density at radius 1 is 1.33 bits per heavy atom. The summed E-state index contributed by atoms with van der Waals surface area (Å²) in [5, 5.41) is 18.5. The molecule has 1 aromatic heterocycles. The van der Waals surface area contributed by atoms with Crippen molar-refractivity contribution >= 4 is 17.6 Å². The van der Waals surface area contributed by atoms with Gasteiger partial charge in [0.05, 0.1) is 12.8 Å². The van der Waals surface area contributed by atoms with Gasteiger partial charge in [-0.25, -0.2) is 9.48 Å². The standard InChI is InChI=1S/C15H18N4O5/c1-23-6-3-7-24-12-5-2-4-11(8-12)16-14(20)10-19-9-13(15(21)22)17-18-19/h2,4-5,8-9H,3,6-7,10H2,1H3,(H,16,20)(H,21,22). The number of methoxy groups -OCH3 is 1. The van der Waals surface area contributed by atoms with Crippen molar-refractivity contribution in [1.82, 2.24) is 15.0 Å². The number of hydrogen-bond acceptors (Lipinski definition) is 6. The summed E-state index contributed by atoms with van der Waals surface area (Å²) in [7, 11) is 1.63. The normalized spacial score (nSPS) is 10.4. The van der Waals surface area contributed by atoms with E-state index in [1.807, 2.05) is 0 Å². The smallest absolute Gasteiger partial charge is 0.358 e. The molecule has 0 saturated heterocycles. The SMILES string of the molecule is COCCCOc1cccc(NC(=O)Cn2cc(C(=O)O)nn2)c1. The largest absolute Gasteiger partial charge is 0.493 e. The number of carboxylic acid groups (broad SMARTS) is 1. The van der Waals surface area contributed by atoms with Crippen LogP contribution in [0.1, 0.15) is 16.9 Å². The second kappa shape index (κ2) is 8.63. The molecule has 2 N–H and O–H groups in total. The number of nitrogens with zero attached hydrogens (tertiary/aromatic N) is 3. The highest BCUT2D eigenvalue weighted by Gasteiger charge is 2.11. The number of ether oxygens (including phenoxy) is 2. The fraction of sp³-hybridized carbons (Fsp3) is 0.333. The molecule has 128 valence electrons. The molecule has 9 heteroatoms. The molecule has 24 heavy (non-hydrogen) atoms. The average molecular weight is 334 g/mol. The molecule has 9 nitrogen and oxygen atoms in total. The minimum Gasteiger partial charge on any atom is -0.493 e. The molecule has 0 fully saturated rings. The Labute approximate surface area is 138 Å². The van der Waals surface area contributed by atoms with Gasteiger partial charge in [-0.3, -0.25) is 4.79 Å². The van der Waals surface area contributed by atoms with Crippen molar-refractivity contribution in [3.8, 4) is 5.75 Å². The van der Waals surface area contributed by atoms with Gasteiger partial charge < -0.3 is 19.9 Å². The number of nitrogens with one attached hydrogen (secondary N) is 1. The van der Waals surface area contributed by atoms with Gasteiger partial charge in [-0.1, -0.05) is 11.3 Å². The third-order valence-corrected chi connectivity index (χ3v) is 2.94. The topological polar surface area (TPSA) is 116 Å². The van der Waals surface area contributed by atoms with Crippen LogP contribution < -0.4 is 10.1 Å². The molecular weight excluding hydrogens is 316 g/mol. The zero-order valence-corrected chi connectivity index (χ0v) is 13.1. The van der Waals surface area contributed by atoms with Gasteiger partial charge in [0.15, 0.2) is 5.69 Å². The first kappa shape index (κ1) is 17.4. The van der Waals surface area contributed by atoms with E-state index in [0.29, 0.717) is 24.7 Å². The summed E-state index contributed by atoms with van der Waals surface area (Å²) < 4.78 is 11.7. The molecule has 1 heterocycles. The Morgan fingerprint density at radius 3 is 2.88 bits per heavy atom. The van der Waals surface area contributed by atoms with Crippen molar-refractivity contribution < 1.29 is 24.2 Å². The molecule has 0 radical (unpaired) electrons. The van der Waals surface area contributed by atoms with Crippen LogP contribution in [0.2, 0.25) is 0 Å². The van der Waals surface area contributed by atoms with E-state index >= 15 is 0 Å². The lowest BCUT2D eigenvalue weighted by atomic mass is 10.3. The lowest BCUT2D eigenvalue weighted by Crippen LogP contribution is -2.19. The maximum absolute atomic E-state index is 12.0. The highest BCUT2D eigenvalue weighted by molar-refractivity contribution is 5.91. The van der Waals surface area contributed by atoms with E-state index in [1.165, 1.54) is 6.20 Å². The maximum Gasteiger partial charge on any atom is 0.358 e. The number of carbonyl (C=O) groups excluding carboxylic acids is 1. The van der Waals surface area contributed by atoms with Gasteiger partial charge in [0, 0.05) is 31.9 Å². The lowest BCUT2D eigenvalue weighted by Gasteiger charge is -2.09. The molecule has 0 atom stereocenters. The summed E-state index contributed by atoms with van der Waals surface area (Å²) in [6, 6.07) is 6.98. The van der Waals surface area contributed by atoms with Crippen LogP contribution in [-0.2, 0) is 16.1 Å². The molecule has 0 saturated carbocycles. The van der Waals surface area contributed by atoms with E-state index in [0.717, 1.165) is 11.1 Å². The second-order valence-electron chi connectivity index (χ2n) is 4.88. The first-order valence-electron chi connectivity index (χ1n) is 7.23. The Hall–Kier alpha value is -2.94. The van der Waals surface area contributed by atoms with Crippen LogP contribution in [0.5, 0.6) is 5.75 Å². The molecule has 0 bridgehead atoms. The monoisotopic (exact) mass is 334 g/mol. The minimum atomic E-state index is -1.19. The maximum atomic E-state index is 12.0. The number of aromatic carboxylic acids is 1. The van der Waals surface area contributed by atoms with E-state index < -0.39 is 5.97 Å². The second-order valence-corrected chi connectivity index (χ2v) is 4.88. The molecule has 0 aliphatic heterocycles. The van der Waals surface area contributed by atoms with E-state index in [4.69, 9.17) is 14.6 Å². The highest BCUT2D eigenvalue weighted by atomic mass is 16.5. The Kier molecular flexibility index (Phi) is 6.26. The van der Waals surface area contributed by atoms with E-state index in [1.54, 1.807) is 31.4 Å². The van der Waals surface area contributed by atoms with Crippen LogP contribution in [-0.4, -0.2) is 52.3 Å². The summed E-state index contributed by atoms with van der Waals surface area (Å²) in [6.07, 6.45) is 1.96. The van der Waals surface area contributed by atoms with Gasteiger partial charge >= 0.3 is 5.97 Å². The number of aromatic nitrogens is 3. The van der Waals surface area contributed by atoms with E-state index in [2.05, 4.69) is 15.6 Å². The van der Waals surface area contributed by atoms with Crippen molar-refractivity contribution in [3.63, 3.8) is 0 Å². The molecule has 0 aliphatic rings. The van der Waals surface area contributed by atoms with Crippen LogP contribution in [0.4, 0.5) is 5.69 Å².